The van der Waals surface area contributed by atoms with Gasteiger partial charge in [-0.3, -0.25) is 9.59 Å². The van der Waals surface area contributed by atoms with Crippen LogP contribution in [0, 0.1) is 0 Å². The van der Waals surface area contributed by atoms with Crippen molar-refractivity contribution in [3.8, 4) is 0 Å². The minimum atomic E-state index is -0.937. The molecule has 16 heavy (non-hydrogen) atoms. The zero-order valence-electron chi connectivity index (χ0n) is 9.78. The highest BCUT2D eigenvalue weighted by molar-refractivity contribution is 5.97. The van der Waals surface area contributed by atoms with Crippen molar-refractivity contribution in [3.05, 3.63) is 28.7 Å². The Morgan fingerprint density at radius 3 is 2.62 bits per heavy atom. The summed E-state index contributed by atoms with van der Waals surface area (Å²) >= 11 is 0. The van der Waals surface area contributed by atoms with Gasteiger partial charge >= 0.3 is 0 Å². The van der Waals surface area contributed by atoms with E-state index in [1.165, 1.54) is 10.6 Å². The van der Waals surface area contributed by atoms with Gasteiger partial charge in [0.1, 0.15) is 0 Å². The molecular weight excluding hydrogens is 206 g/mol. The lowest BCUT2D eigenvalue weighted by molar-refractivity contribution is -0.120. The summed E-state index contributed by atoms with van der Waals surface area (Å²) in [7, 11) is 0. The predicted molar refractivity (Wildman–Crippen MR) is 63.3 cm³/mol. The van der Waals surface area contributed by atoms with E-state index >= 15 is 0 Å². The summed E-state index contributed by atoms with van der Waals surface area (Å²) in [5.41, 5.74) is 5.19. The molecule has 5 heteroatoms. The number of carbonyl (C=O) groups is 1. The normalized spacial score (nSPS) is 11.2. The Kier molecular flexibility index (Phi) is 3.49. The average molecular weight is 223 g/mol. The molecule has 0 bridgehead atoms. The van der Waals surface area contributed by atoms with Crippen LogP contribution in [-0.2, 0) is 11.3 Å². The molecule has 0 aliphatic rings. The summed E-state index contributed by atoms with van der Waals surface area (Å²) < 4.78 is 1.51. The van der Waals surface area contributed by atoms with Crippen LogP contribution in [-0.4, -0.2) is 16.0 Å². The molecule has 0 aromatic carbocycles. The van der Waals surface area contributed by atoms with Crippen LogP contribution in [0.2, 0.25) is 0 Å². The Morgan fingerprint density at radius 2 is 2.12 bits per heavy atom. The highest BCUT2D eigenvalue weighted by atomic mass is 16.2. The van der Waals surface area contributed by atoms with Gasteiger partial charge in [-0.2, -0.15) is 0 Å². The van der Waals surface area contributed by atoms with Crippen LogP contribution in [0.1, 0.15) is 20.8 Å². The number of rotatable bonds is 3. The van der Waals surface area contributed by atoms with Crippen LogP contribution < -0.4 is 16.6 Å². The van der Waals surface area contributed by atoms with E-state index in [1.807, 2.05) is 6.92 Å². The zero-order chi connectivity index (χ0) is 12.3. The lowest BCUT2D eigenvalue weighted by Crippen LogP contribution is -2.45. The number of nitrogens with two attached hydrogens (primary N) is 1. The van der Waals surface area contributed by atoms with Crippen molar-refractivity contribution >= 4 is 11.6 Å². The Balaban J connectivity index is 2.91. The third-order valence-corrected chi connectivity index (χ3v) is 2.17. The molecule has 1 aromatic heterocycles. The maximum Gasteiger partial charge on any atom is 0.250 e. The van der Waals surface area contributed by atoms with Gasteiger partial charge in [-0.05, 0) is 26.8 Å². The Hall–Kier alpha value is -1.62. The van der Waals surface area contributed by atoms with Crippen LogP contribution in [0.4, 0.5) is 5.69 Å². The van der Waals surface area contributed by atoms with E-state index in [4.69, 9.17) is 5.73 Å². The Labute approximate surface area is 94.3 Å². The molecule has 3 N–H and O–H groups in total. The van der Waals surface area contributed by atoms with Crippen LogP contribution in [0.3, 0.4) is 0 Å². The number of aryl methyl sites for hydroxylation is 1. The Morgan fingerprint density at radius 1 is 1.50 bits per heavy atom. The number of hydrogen-bond acceptors (Lipinski definition) is 3. The first-order chi connectivity index (χ1) is 7.34. The monoisotopic (exact) mass is 223 g/mol. The first-order valence-corrected chi connectivity index (χ1v) is 5.15. The van der Waals surface area contributed by atoms with Gasteiger partial charge in [-0.1, -0.05) is 0 Å². The molecule has 1 amide bonds. The van der Waals surface area contributed by atoms with Crippen molar-refractivity contribution in [1.82, 2.24) is 4.57 Å². The van der Waals surface area contributed by atoms with Crippen LogP contribution in [0.25, 0.3) is 0 Å². The maximum atomic E-state index is 11.6. The third kappa shape index (κ3) is 2.93. The molecule has 0 atom stereocenters. The van der Waals surface area contributed by atoms with Crippen LogP contribution >= 0.6 is 0 Å². The number of amides is 1. The first kappa shape index (κ1) is 12.4. The van der Waals surface area contributed by atoms with Crippen LogP contribution in [0.5, 0.6) is 0 Å². The molecule has 1 rings (SSSR count). The van der Waals surface area contributed by atoms with Gasteiger partial charge in [0.15, 0.2) is 0 Å². The minimum absolute atomic E-state index is 0.0903. The molecule has 0 saturated carbocycles. The molecule has 5 nitrogen and oxygen atoms in total. The van der Waals surface area contributed by atoms with Crippen molar-refractivity contribution in [2.24, 2.45) is 5.73 Å². The molecule has 0 unspecified atom stereocenters. The van der Waals surface area contributed by atoms with E-state index in [0.29, 0.717) is 12.2 Å². The number of anilines is 1. The smallest absolute Gasteiger partial charge is 0.250 e. The van der Waals surface area contributed by atoms with E-state index in [0.717, 1.165) is 0 Å². The van der Waals surface area contributed by atoms with Gasteiger partial charge in [0.2, 0.25) is 5.91 Å². The van der Waals surface area contributed by atoms with Crippen molar-refractivity contribution in [3.63, 3.8) is 0 Å². The second-order valence-electron chi connectivity index (χ2n) is 4.22. The molecule has 0 saturated heterocycles. The Bertz CT molecular complexity index is 443. The fourth-order valence-corrected chi connectivity index (χ4v) is 1.14. The third-order valence-electron chi connectivity index (χ3n) is 2.17. The summed E-state index contributed by atoms with van der Waals surface area (Å²) in [6, 6.07) is 2.99. The van der Waals surface area contributed by atoms with Gasteiger partial charge in [0.05, 0.1) is 11.2 Å². The first-order valence-electron chi connectivity index (χ1n) is 5.15. The van der Waals surface area contributed by atoms with Crippen molar-refractivity contribution in [2.45, 2.75) is 32.9 Å². The van der Waals surface area contributed by atoms with Crippen molar-refractivity contribution in [1.29, 1.82) is 0 Å². The summed E-state index contributed by atoms with van der Waals surface area (Å²) in [4.78, 5) is 22.9. The van der Waals surface area contributed by atoms with Crippen molar-refractivity contribution < 1.29 is 4.79 Å². The highest BCUT2D eigenvalue weighted by Crippen LogP contribution is 2.07. The molecule has 1 heterocycles. The fourth-order valence-electron chi connectivity index (χ4n) is 1.14. The molecule has 0 aliphatic carbocycles. The average Bonchev–Trinajstić information content (AvgIpc) is 2.19. The lowest BCUT2D eigenvalue weighted by atomic mass is 10.1. The molecule has 0 fully saturated rings. The molecule has 88 valence electrons. The van der Waals surface area contributed by atoms with Gasteiger partial charge in [0, 0.05) is 18.8 Å². The number of aromatic nitrogens is 1. The van der Waals surface area contributed by atoms with E-state index < -0.39 is 5.54 Å². The lowest BCUT2D eigenvalue weighted by Gasteiger charge is -2.18. The number of carbonyl (C=O) groups excluding carboxylic acids is 1. The zero-order valence-corrected chi connectivity index (χ0v) is 9.78. The molecule has 0 spiro atoms. The van der Waals surface area contributed by atoms with Crippen LogP contribution in [0.15, 0.2) is 23.1 Å². The van der Waals surface area contributed by atoms with E-state index in [9.17, 15) is 9.59 Å². The standard InChI is InChI=1S/C11H17N3O2/c1-4-14-7-8(5-6-9(14)15)13-10(16)11(2,3)12/h5-7H,4,12H2,1-3H3,(H,13,16). The van der Waals surface area contributed by atoms with Gasteiger partial charge < -0.3 is 15.6 Å². The number of nitrogens with zero attached hydrogens (tertiary/aromatic N) is 1. The minimum Gasteiger partial charge on any atom is -0.323 e. The second-order valence-corrected chi connectivity index (χ2v) is 4.22. The molecule has 0 aliphatic heterocycles. The fraction of sp³-hybridized carbons (Fsp3) is 0.455. The number of pyridine rings is 1. The highest BCUT2D eigenvalue weighted by Gasteiger charge is 2.21. The van der Waals surface area contributed by atoms with E-state index in [2.05, 4.69) is 5.32 Å². The SMILES string of the molecule is CCn1cc(NC(=O)C(C)(C)N)ccc1=O. The number of nitrogens with one attached hydrogen (secondary N) is 1. The largest absolute Gasteiger partial charge is 0.323 e. The predicted octanol–water partition coefficient (Wildman–Crippen LogP) is 0.544. The van der Waals surface area contributed by atoms with Crippen molar-refractivity contribution in [2.75, 3.05) is 5.32 Å². The van der Waals surface area contributed by atoms with E-state index in [1.54, 1.807) is 26.1 Å². The summed E-state index contributed by atoms with van der Waals surface area (Å²) in [6.07, 6.45) is 1.60. The second kappa shape index (κ2) is 4.49. The van der Waals surface area contributed by atoms with Gasteiger partial charge in [-0.25, -0.2) is 0 Å². The van der Waals surface area contributed by atoms with Gasteiger partial charge in [0.25, 0.3) is 5.56 Å². The molecule has 0 radical (unpaired) electrons. The van der Waals surface area contributed by atoms with E-state index in [-0.39, 0.29) is 11.5 Å². The summed E-state index contributed by atoms with van der Waals surface area (Å²) in [6.45, 7) is 5.67. The quantitative estimate of drug-likeness (QED) is 0.785. The molecule has 1 aromatic rings. The maximum absolute atomic E-state index is 11.6. The molecular formula is C11H17N3O2. The number of hydrogen-bond donors (Lipinski definition) is 2. The summed E-state index contributed by atoms with van der Waals surface area (Å²) in [5.74, 6) is -0.284. The topological polar surface area (TPSA) is 77.1 Å². The summed E-state index contributed by atoms with van der Waals surface area (Å²) in [5, 5.41) is 2.66. The van der Waals surface area contributed by atoms with Gasteiger partial charge in [-0.15, -0.1) is 0 Å².